The fourth-order valence-corrected chi connectivity index (χ4v) is 1.70. The summed E-state index contributed by atoms with van der Waals surface area (Å²) in [5.74, 6) is -0.168. The zero-order valence-corrected chi connectivity index (χ0v) is 14.1. The molecule has 0 spiro atoms. The number of hydrogen-bond donors (Lipinski definition) is 1. The second-order valence-electron chi connectivity index (χ2n) is 6.48. The van der Waals surface area contributed by atoms with Gasteiger partial charge in [-0.3, -0.25) is 4.79 Å². The van der Waals surface area contributed by atoms with E-state index < -0.39 is 12.1 Å². The molecule has 5 nitrogen and oxygen atoms in total. The molecule has 0 fully saturated rings. The van der Waals surface area contributed by atoms with Crippen molar-refractivity contribution in [1.29, 1.82) is 0 Å². The highest BCUT2D eigenvalue weighted by Crippen LogP contribution is 2.15. The van der Waals surface area contributed by atoms with Crippen molar-refractivity contribution in [3.8, 4) is 5.75 Å². The lowest BCUT2D eigenvalue weighted by Crippen LogP contribution is -2.46. The third kappa shape index (κ3) is 6.16. The number of rotatable bonds is 5. The Kier molecular flexibility index (Phi) is 5.97. The lowest BCUT2D eigenvalue weighted by atomic mass is 10.1. The number of carbonyl (C=O) groups is 2. The summed E-state index contributed by atoms with van der Waals surface area (Å²) in [7, 11) is 0. The first-order valence-electron chi connectivity index (χ1n) is 7.38. The summed E-state index contributed by atoms with van der Waals surface area (Å²) in [4.78, 5) is 23.9. The van der Waals surface area contributed by atoms with E-state index in [4.69, 9.17) is 9.47 Å². The first-order valence-corrected chi connectivity index (χ1v) is 7.38. The van der Waals surface area contributed by atoms with Gasteiger partial charge in [0.15, 0.2) is 6.10 Å². The molecule has 0 bridgehead atoms. The molecule has 0 saturated heterocycles. The minimum atomic E-state index is -0.849. The van der Waals surface area contributed by atoms with Crippen molar-refractivity contribution in [2.45, 2.75) is 59.3 Å². The van der Waals surface area contributed by atoms with E-state index in [2.05, 4.69) is 5.32 Å². The largest absolute Gasteiger partial charge is 0.491 e. The average Bonchev–Trinajstić information content (AvgIpc) is 2.36. The predicted molar refractivity (Wildman–Crippen MR) is 85.0 cm³/mol. The van der Waals surface area contributed by atoms with Crippen LogP contribution in [0, 0.1) is 0 Å². The Balaban J connectivity index is 2.63. The van der Waals surface area contributed by atoms with Gasteiger partial charge in [0.25, 0.3) is 5.91 Å². The van der Waals surface area contributed by atoms with Gasteiger partial charge in [-0.2, -0.15) is 0 Å². The van der Waals surface area contributed by atoms with Gasteiger partial charge in [-0.05, 0) is 65.8 Å². The van der Waals surface area contributed by atoms with E-state index in [0.717, 1.165) is 0 Å². The van der Waals surface area contributed by atoms with Crippen molar-refractivity contribution < 1.29 is 19.1 Å². The molecular formula is C17H25NO4. The molecule has 0 heterocycles. The maximum absolute atomic E-state index is 12.0. The van der Waals surface area contributed by atoms with Crippen LogP contribution in [0.2, 0.25) is 0 Å². The van der Waals surface area contributed by atoms with Crippen LogP contribution in [0.3, 0.4) is 0 Å². The maximum Gasteiger partial charge on any atom is 0.338 e. The van der Waals surface area contributed by atoms with Gasteiger partial charge in [-0.1, -0.05) is 0 Å². The first-order chi connectivity index (χ1) is 10.1. The minimum absolute atomic E-state index is 0.0684. The first kappa shape index (κ1) is 18.0. The van der Waals surface area contributed by atoms with Gasteiger partial charge < -0.3 is 14.8 Å². The molecule has 0 aromatic heterocycles. The van der Waals surface area contributed by atoms with Gasteiger partial charge in [0, 0.05) is 5.54 Å². The molecule has 0 aliphatic carbocycles. The molecule has 1 N–H and O–H groups in total. The van der Waals surface area contributed by atoms with Crippen molar-refractivity contribution in [1.82, 2.24) is 5.32 Å². The summed E-state index contributed by atoms with van der Waals surface area (Å²) in [5.41, 5.74) is 0.0136. The number of ether oxygens (including phenoxy) is 2. The van der Waals surface area contributed by atoms with Gasteiger partial charge in [-0.15, -0.1) is 0 Å². The molecule has 1 rings (SSSR count). The van der Waals surface area contributed by atoms with Crippen molar-refractivity contribution in [2.24, 2.45) is 0 Å². The molecule has 1 aromatic rings. The van der Waals surface area contributed by atoms with Crippen molar-refractivity contribution >= 4 is 11.9 Å². The Morgan fingerprint density at radius 1 is 1.05 bits per heavy atom. The van der Waals surface area contributed by atoms with Crippen LogP contribution in [0.1, 0.15) is 51.9 Å². The fourth-order valence-electron chi connectivity index (χ4n) is 1.70. The van der Waals surface area contributed by atoms with Crippen LogP contribution in [-0.4, -0.2) is 29.6 Å². The Bertz CT molecular complexity index is 514. The molecule has 0 saturated carbocycles. The van der Waals surface area contributed by atoms with Gasteiger partial charge in [0.1, 0.15) is 5.75 Å². The molecule has 0 unspecified atom stereocenters. The molecule has 122 valence electrons. The van der Waals surface area contributed by atoms with Crippen molar-refractivity contribution in [2.75, 3.05) is 0 Å². The lowest BCUT2D eigenvalue weighted by molar-refractivity contribution is -0.130. The Morgan fingerprint density at radius 3 is 2.05 bits per heavy atom. The van der Waals surface area contributed by atoms with Crippen LogP contribution < -0.4 is 10.1 Å². The summed E-state index contributed by atoms with van der Waals surface area (Å²) in [6.07, 6.45) is -0.780. The number of benzene rings is 1. The molecule has 0 aliphatic rings. The standard InChI is InChI=1S/C17H25NO4/c1-11(2)21-14-9-7-13(8-10-14)16(20)22-12(3)15(19)18-17(4,5)6/h7-12H,1-6H3,(H,18,19)/t12-/m1/s1. The Labute approximate surface area is 132 Å². The van der Waals surface area contributed by atoms with Crippen molar-refractivity contribution in [3.05, 3.63) is 29.8 Å². The number of amides is 1. The van der Waals surface area contributed by atoms with E-state index >= 15 is 0 Å². The second kappa shape index (κ2) is 7.29. The topological polar surface area (TPSA) is 64.6 Å². The maximum atomic E-state index is 12.0. The second-order valence-corrected chi connectivity index (χ2v) is 6.48. The molecule has 1 atom stereocenters. The summed E-state index contributed by atoms with van der Waals surface area (Å²) in [6.45, 7) is 11.0. The molecule has 22 heavy (non-hydrogen) atoms. The number of nitrogens with one attached hydrogen (secondary N) is 1. The molecule has 0 aliphatic heterocycles. The van der Waals surface area contributed by atoms with E-state index in [0.29, 0.717) is 11.3 Å². The van der Waals surface area contributed by atoms with Gasteiger partial charge >= 0.3 is 5.97 Å². The predicted octanol–water partition coefficient (Wildman–Crippen LogP) is 2.93. The van der Waals surface area contributed by atoms with E-state index in [1.807, 2.05) is 34.6 Å². The van der Waals surface area contributed by atoms with Gasteiger partial charge in [-0.25, -0.2) is 4.79 Å². The van der Waals surface area contributed by atoms with Gasteiger partial charge in [0.05, 0.1) is 11.7 Å². The molecular weight excluding hydrogens is 282 g/mol. The Hall–Kier alpha value is -2.04. The SMILES string of the molecule is CC(C)Oc1ccc(C(=O)O[C@H](C)C(=O)NC(C)(C)C)cc1. The van der Waals surface area contributed by atoms with Crippen LogP contribution in [0.25, 0.3) is 0 Å². The van der Waals surface area contributed by atoms with Crippen LogP contribution in [0.5, 0.6) is 5.75 Å². The summed E-state index contributed by atoms with van der Waals surface area (Å²) in [6, 6.07) is 6.65. The average molecular weight is 307 g/mol. The minimum Gasteiger partial charge on any atom is -0.491 e. The molecule has 0 radical (unpaired) electrons. The smallest absolute Gasteiger partial charge is 0.338 e. The van der Waals surface area contributed by atoms with E-state index in [1.165, 1.54) is 0 Å². The third-order valence-electron chi connectivity index (χ3n) is 2.61. The highest BCUT2D eigenvalue weighted by atomic mass is 16.5. The lowest BCUT2D eigenvalue weighted by Gasteiger charge is -2.23. The van der Waals surface area contributed by atoms with E-state index in [9.17, 15) is 9.59 Å². The van der Waals surface area contributed by atoms with Crippen LogP contribution in [0.15, 0.2) is 24.3 Å². The van der Waals surface area contributed by atoms with Crippen LogP contribution in [0.4, 0.5) is 0 Å². The highest BCUT2D eigenvalue weighted by molar-refractivity contribution is 5.92. The molecule has 1 amide bonds. The zero-order valence-electron chi connectivity index (χ0n) is 14.1. The van der Waals surface area contributed by atoms with E-state index in [1.54, 1.807) is 31.2 Å². The molecule has 1 aromatic carbocycles. The zero-order chi connectivity index (χ0) is 16.9. The van der Waals surface area contributed by atoms with Crippen LogP contribution in [-0.2, 0) is 9.53 Å². The summed E-state index contributed by atoms with van der Waals surface area (Å²) >= 11 is 0. The quantitative estimate of drug-likeness (QED) is 0.849. The third-order valence-corrected chi connectivity index (χ3v) is 2.61. The number of carbonyl (C=O) groups excluding carboxylic acids is 2. The summed E-state index contributed by atoms with van der Waals surface area (Å²) in [5, 5.41) is 2.77. The fraction of sp³-hybridized carbons (Fsp3) is 0.529. The van der Waals surface area contributed by atoms with Gasteiger partial charge in [0.2, 0.25) is 0 Å². The monoisotopic (exact) mass is 307 g/mol. The normalized spacial score (nSPS) is 12.7. The number of hydrogen-bond acceptors (Lipinski definition) is 4. The van der Waals surface area contributed by atoms with Crippen molar-refractivity contribution in [3.63, 3.8) is 0 Å². The molecule has 5 heteroatoms. The Morgan fingerprint density at radius 2 is 1.59 bits per heavy atom. The summed E-state index contributed by atoms with van der Waals surface area (Å²) < 4.78 is 10.7. The van der Waals surface area contributed by atoms with E-state index in [-0.39, 0.29) is 17.6 Å². The highest BCUT2D eigenvalue weighted by Gasteiger charge is 2.22. The van der Waals surface area contributed by atoms with Crippen LogP contribution >= 0.6 is 0 Å². The number of esters is 1.